The van der Waals surface area contributed by atoms with Crippen molar-refractivity contribution < 1.29 is 19.4 Å². The summed E-state index contributed by atoms with van der Waals surface area (Å²) in [6.45, 7) is 5.38. The first-order valence-corrected chi connectivity index (χ1v) is 7.62. The van der Waals surface area contributed by atoms with E-state index in [1.54, 1.807) is 50.4 Å². The summed E-state index contributed by atoms with van der Waals surface area (Å²) >= 11 is 0. The molecule has 5 nitrogen and oxygen atoms in total. The van der Waals surface area contributed by atoms with Crippen molar-refractivity contribution in [2.24, 2.45) is 0 Å². The van der Waals surface area contributed by atoms with Crippen molar-refractivity contribution in [3.05, 3.63) is 58.7 Å². The van der Waals surface area contributed by atoms with Crippen LogP contribution in [0.5, 0.6) is 5.75 Å². The highest BCUT2D eigenvalue weighted by atomic mass is 16.5. The van der Waals surface area contributed by atoms with Gasteiger partial charge in [-0.1, -0.05) is 12.1 Å². The predicted octanol–water partition coefficient (Wildman–Crippen LogP) is 3.75. The number of carboxylic acids is 1. The van der Waals surface area contributed by atoms with E-state index in [0.717, 1.165) is 16.9 Å². The van der Waals surface area contributed by atoms with Crippen LogP contribution in [0.1, 0.15) is 39.9 Å². The van der Waals surface area contributed by atoms with E-state index in [0.29, 0.717) is 16.8 Å². The van der Waals surface area contributed by atoms with Gasteiger partial charge in [0, 0.05) is 11.3 Å². The van der Waals surface area contributed by atoms with Crippen LogP contribution in [0.2, 0.25) is 0 Å². The zero-order valence-electron chi connectivity index (χ0n) is 14.2. The fraction of sp³-hybridized carbons (Fsp3) is 0.263. The van der Waals surface area contributed by atoms with Crippen molar-refractivity contribution in [3.8, 4) is 5.75 Å². The standard InChI is InChI=1S/C19H21NO4/c1-11-8-15(9-12(2)17(11)24-4)18(21)20-16-7-5-6-14(10-16)13(3)19(22)23/h5-10,13H,1-4H3,(H,20,21)(H,22,23). The first-order valence-electron chi connectivity index (χ1n) is 7.62. The third-order valence-electron chi connectivity index (χ3n) is 3.94. The maximum atomic E-state index is 12.5. The molecule has 0 aliphatic heterocycles. The number of hydrogen-bond donors (Lipinski definition) is 2. The highest BCUT2D eigenvalue weighted by Gasteiger charge is 2.15. The highest BCUT2D eigenvalue weighted by Crippen LogP contribution is 2.25. The molecule has 2 rings (SSSR count). The fourth-order valence-electron chi connectivity index (χ4n) is 2.63. The van der Waals surface area contributed by atoms with Crippen LogP contribution in [-0.2, 0) is 4.79 Å². The Morgan fingerprint density at radius 2 is 1.75 bits per heavy atom. The summed E-state index contributed by atoms with van der Waals surface area (Å²) in [6, 6.07) is 10.4. The summed E-state index contributed by atoms with van der Waals surface area (Å²) in [7, 11) is 1.60. The van der Waals surface area contributed by atoms with E-state index < -0.39 is 11.9 Å². The molecule has 0 saturated carbocycles. The minimum atomic E-state index is -0.903. The average molecular weight is 327 g/mol. The number of carbonyl (C=O) groups excluding carboxylic acids is 1. The van der Waals surface area contributed by atoms with Gasteiger partial charge >= 0.3 is 5.97 Å². The summed E-state index contributed by atoms with van der Waals surface area (Å²) in [6.07, 6.45) is 0. The largest absolute Gasteiger partial charge is 0.496 e. The quantitative estimate of drug-likeness (QED) is 0.877. The van der Waals surface area contributed by atoms with Crippen molar-refractivity contribution in [1.29, 1.82) is 0 Å². The first kappa shape index (κ1) is 17.5. The third-order valence-corrected chi connectivity index (χ3v) is 3.94. The number of aryl methyl sites for hydroxylation is 2. The molecule has 0 fully saturated rings. The molecule has 1 atom stereocenters. The van der Waals surface area contributed by atoms with Crippen LogP contribution in [0.25, 0.3) is 0 Å². The SMILES string of the molecule is COc1c(C)cc(C(=O)Nc2cccc(C(C)C(=O)O)c2)cc1C. The van der Waals surface area contributed by atoms with E-state index in [-0.39, 0.29) is 5.91 Å². The van der Waals surface area contributed by atoms with Gasteiger partial charge in [0.1, 0.15) is 5.75 Å². The summed E-state index contributed by atoms with van der Waals surface area (Å²) in [4.78, 5) is 23.6. The second-order valence-corrected chi connectivity index (χ2v) is 5.78. The van der Waals surface area contributed by atoms with Crippen LogP contribution in [0.15, 0.2) is 36.4 Å². The fourth-order valence-corrected chi connectivity index (χ4v) is 2.63. The molecule has 0 spiro atoms. The number of carbonyl (C=O) groups is 2. The van der Waals surface area contributed by atoms with Crippen LogP contribution >= 0.6 is 0 Å². The second-order valence-electron chi connectivity index (χ2n) is 5.78. The molecule has 0 heterocycles. The lowest BCUT2D eigenvalue weighted by molar-refractivity contribution is -0.138. The molecule has 2 N–H and O–H groups in total. The monoisotopic (exact) mass is 327 g/mol. The molecule has 1 unspecified atom stereocenters. The van der Waals surface area contributed by atoms with E-state index >= 15 is 0 Å². The number of benzene rings is 2. The van der Waals surface area contributed by atoms with Gasteiger partial charge < -0.3 is 15.2 Å². The summed E-state index contributed by atoms with van der Waals surface area (Å²) < 4.78 is 5.31. The van der Waals surface area contributed by atoms with Gasteiger partial charge in [0.15, 0.2) is 0 Å². The molecule has 1 amide bonds. The molecule has 0 saturated heterocycles. The highest BCUT2D eigenvalue weighted by molar-refractivity contribution is 6.04. The Labute approximate surface area is 141 Å². The number of ether oxygens (including phenoxy) is 1. The lowest BCUT2D eigenvalue weighted by Crippen LogP contribution is -2.13. The summed E-state index contributed by atoms with van der Waals surface area (Å²) in [5.74, 6) is -1.01. The van der Waals surface area contributed by atoms with Crippen molar-refractivity contribution in [2.75, 3.05) is 12.4 Å². The van der Waals surface area contributed by atoms with Crippen molar-refractivity contribution >= 4 is 17.6 Å². The van der Waals surface area contributed by atoms with E-state index in [1.807, 2.05) is 13.8 Å². The lowest BCUT2D eigenvalue weighted by Gasteiger charge is -2.13. The third kappa shape index (κ3) is 3.74. The molecule has 0 aromatic heterocycles. The predicted molar refractivity (Wildman–Crippen MR) is 92.9 cm³/mol. The van der Waals surface area contributed by atoms with E-state index in [4.69, 9.17) is 9.84 Å². The summed E-state index contributed by atoms with van der Waals surface area (Å²) in [5.41, 5.74) is 3.51. The molecule has 126 valence electrons. The van der Waals surface area contributed by atoms with Crippen LogP contribution in [0, 0.1) is 13.8 Å². The molecule has 5 heteroatoms. The topological polar surface area (TPSA) is 75.6 Å². The number of aliphatic carboxylic acids is 1. The minimum Gasteiger partial charge on any atom is -0.496 e. The van der Waals surface area contributed by atoms with Crippen molar-refractivity contribution in [3.63, 3.8) is 0 Å². The van der Waals surface area contributed by atoms with Gasteiger partial charge in [-0.2, -0.15) is 0 Å². The Kier molecular flexibility index (Phi) is 5.24. The molecular formula is C19H21NO4. The molecule has 2 aromatic rings. The number of carboxylic acid groups (broad SMARTS) is 1. The Balaban J connectivity index is 2.24. The minimum absolute atomic E-state index is 0.246. The molecule has 0 radical (unpaired) electrons. The van der Waals surface area contributed by atoms with Crippen molar-refractivity contribution in [1.82, 2.24) is 0 Å². The van der Waals surface area contributed by atoms with Gasteiger partial charge in [0.25, 0.3) is 5.91 Å². The van der Waals surface area contributed by atoms with Gasteiger partial charge in [-0.05, 0) is 61.7 Å². The zero-order chi connectivity index (χ0) is 17.9. The molecule has 2 aromatic carbocycles. The Morgan fingerprint density at radius 1 is 1.12 bits per heavy atom. The van der Waals surface area contributed by atoms with Crippen LogP contribution < -0.4 is 10.1 Å². The van der Waals surface area contributed by atoms with Gasteiger partial charge in [-0.25, -0.2) is 0 Å². The number of hydrogen-bond acceptors (Lipinski definition) is 3. The van der Waals surface area contributed by atoms with Crippen LogP contribution in [0.4, 0.5) is 5.69 Å². The molecule has 24 heavy (non-hydrogen) atoms. The molecule has 0 aliphatic rings. The van der Waals surface area contributed by atoms with E-state index in [9.17, 15) is 9.59 Å². The molecule has 0 aliphatic carbocycles. The number of amides is 1. The Morgan fingerprint density at radius 3 is 2.29 bits per heavy atom. The van der Waals surface area contributed by atoms with E-state index in [2.05, 4.69) is 5.32 Å². The first-order chi connectivity index (χ1) is 11.3. The lowest BCUT2D eigenvalue weighted by atomic mass is 10.0. The van der Waals surface area contributed by atoms with Gasteiger partial charge in [0.2, 0.25) is 0 Å². The van der Waals surface area contributed by atoms with Gasteiger partial charge in [-0.3, -0.25) is 9.59 Å². The Hall–Kier alpha value is -2.82. The Bertz CT molecular complexity index is 760. The normalized spacial score (nSPS) is 11.7. The van der Waals surface area contributed by atoms with E-state index in [1.165, 1.54) is 0 Å². The van der Waals surface area contributed by atoms with Gasteiger partial charge in [-0.15, -0.1) is 0 Å². The van der Waals surface area contributed by atoms with Gasteiger partial charge in [0.05, 0.1) is 13.0 Å². The molecule has 0 bridgehead atoms. The maximum Gasteiger partial charge on any atom is 0.310 e. The smallest absolute Gasteiger partial charge is 0.310 e. The second kappa shape index (κ2) is 7.17. The van der Waals surface area contributed by atoms with Crippen LogP contribution in [0.3, 0.4) is 0 Å². The maximum absolute atomic E-state index is 12.5. The summed E-state index contributed by atoms with van der Waals surface area (Å²) in [5, 5.41) is 11.9. The zero-order valence-corrected chi connectivity index (χ0v) is 14.2. The molecular weight excluding hydrogens is 306 g/mol. The number of methoxy groups -OCH3 is 1. The van der Waals surface area contributed by atoms with Crippen molar-refractivity contribution in [2.45, 2.75) is 26.7 Å². The number of nitrogens with one attached hydrogen (secondary N) is 1. The number of rotatable bonds is 5. The van der Waals surface area contributed by atoms with Crippen LogP contribution in [-0.4, -0.2) is 24.1 Å². The average Bonchev–Trinajstić information content (AvgIpc) is 2.53. The number of anilines is 1.